The van der Waals surface area contributed by atoms with E-state index in [9.17, 15) is 9.18 Å². The number of carbonyl (C=O) groups is 1. The molecule has 4 nitrogen and oxygen atoms in total. The minimum Gasteiger partial charge on any atom is -0.491 e. The minimum atomic E-state index is -0.282. The minimum absolute atomic E-state index is 0.0127. The predicted molar refractivity (Wildman–Crippen MR) is 82.7 cm³/mol. The average Bonchev–Trinajstić information content (AvgIpc) is 2.90. The van der Waals surface area contributed by atoms with E-state index in [2.05, 4.69) is 10.3 Å². The maximum Gasteiger partial charge on any atom is 0.220 e. The lowest BCUT2D eigenvalue weighted by Crippen LogP contribution is -2.42. The molecule has 1 atom stereocenters. The molecule has 0 radical (unpaired) electrons. The van der Waals surface area contributed by atoms with E-state index in [1.54, 1.807) is 22.9 Å². The highest BCUT2D eigenvalue weighted by Gasteiger charge is 2.21. The van der Waals surface area contributed by atoms with Crippen LogP contribution in [-0.2, 0) is 17.6 Å². The van der Waals surface area contributed by atoms with Gasteiger partial charge in [-0.05, 0) is 43.5 Å². The van der Waals surface area contributed by atoms with Crippen molar-refractivity contribution in [2.45, 2.75) is 32.2 Å². The van der Waals surface area contributed by atoms with Crippen molar-refractivity contribution in [1.29, 1.82) is 0 Å². The van der Waals surface area contributed by atoms with E-state index in [0.717, 1.165) is 16.1 Å². The number of nitrogens with zero attached hydrogens (tertiary/aromatic N) is 1. The summed E-state index contributed by atoms with van der Waals surface area (Å²) in [6, 6.07) is 4.38. The zero-order valence-electron chi connectivity index (χ0n) is 12.3. The van der Waals surface area contributed by atoms with Crippen LogP contribution in [0.1, 0.15) is 22.6 Å². The SMILES string of the molecule is Cc1ncsc1CCC(=O)NC1COc2ccc(F)cc2C1. The number of hydrogen-bond donors (Lipinski definition) is 1. The molecule has 116 valence electrons. The number of halogens is 1. The van der Waals surface area contributed by atoms with Gasteiger partial charge >= 0.3 is 0 Å². The van der Waals surface area contributed by atoms with Crippen molar-refractivity contribution in [2.75, 3.05) is 6.61 Å². The lowest BCUT2D eigenvalue weighted by molar-refractivity contribution is -0.122. The molecule has 0 saturated heterocycles. The van der Waals surface area contributed by atoms with Gasteiger partial charge in [-0.2, -0.15) is 0 Å². The van der Waals surface area contributed by atoms with E-state index < -0.39 is 0 Å². The summed E-state index contributed by atoms with van der Waals surface area (Å²) in [7, 11) is 0. The molecule has 0 aliphatic carbocycles. The van der Waals surface area contributed by atoms with Gasteiger partial charge in [-0.1, -0.05) is 0 Å². The second kappa shape index (κ2) is 6.44. The van der Waals surface area contributed by atoms with Gasteiger partial charge in [-0.25, -0.2) is 9.37 Å². The van der Waals surface area contributed by atoms with Gasteiger partial charge in [0.05, 0.1) is 17.2 Å². The smallest absolute Gasteiger partial charge is 0.220 e. The zero-order chi connectivity index (χ0) is 15.5. The number of benzene rings is 1. The molecule has 1 aliphatic heterocycles. The van der Waals surface area contributed by atoms with Crippen LogP contribution in [0.4, 0.5) is 4.39 Å². The Hall–Kier alpha value is -1.95. The van der Waals surface area contributed by atoms with E-state index in [4.69, 9.17) is 4.74 Å². The number of rotatable bonds is 4. The number of fused-ring (bicyclic) bond motifs is 1. The Morgan fingerprint density at radius 1 is 1.55 bits per heavy atom. The topological polar surface area (TPSA) is 51.2 Å². The van der Waals surface area contributed by atoms with Crippen molar-refractivity contribution < 1.29 is 13.9 Å². The van der Waals surface area contributed by atoms with Crippen LogP contribution < -0.4 is 10.1 Å². The third-order valence-corrected chi connectivity index (χ3v) is 4.71. The zero-order valence-corrected chi connectivity index (χ0v) is 13.1. The summed E-state index contributed by atoms with van der Waals surface area (Å²) in [4.78, 5) is 17.4. The summed E-state index contributed by atoms with van der Waals surface area (Å²) in [5.74, 6) is 0.406. The second-order valence-electron chi connectivity index (χ2n) is 5.39. The Bertz CT molecular complexity index is 687. The fourth-order valence-corrected chi connectivity index (χ4v) is 3.33. The number of nitrogens with one attached hydrogen (secondary N) is 1. The molecule has 1 N–H and O–H groups in total. The van der Waals surface area contributed by atoms with Crippen molar-refractivity contribution in [3.8, 4) is 5.75 Å². The van der Waals surface area contributed by atoms with Crippen molar-refractivity contribution in [3.05, 3.63) is 45.7 Å². The molecule has 6 heteroatoms. The molecule has 3 rings (SSSR count). The number of amides is 1. The monoisotopic (exact) mass is 320 g/mol. The van der Waals surface area contributed by atoms with Crippen molar-refractivity contribution >= 4 is 17.2 Å². The molecule has 0 fully saturated rings. The maximum atomic E-state index is 13.3. The molecular weight excluding hydrogens is 303 g/mol. The van der Waals surface area contributed by atoms with E-state index in [0.29, 0.717) is 31.6 Å². The van der Waals surface area contributed by atoms with Crippen LogP contribution in [0, 0.1) is 12.7 Å². The number of hydrogen-bond acceptors (Lipinski definition) is 4. The van der Waals surface area contributed by atoms with Crippen LogP contribution in [-0.4, -0.2) is 23.5 Å². The third-order valence-electron chi connectivity index (χ3n) is 3.72. The van der Waals surface area contributed by atoms with E-state index in [1.807, 2.05) is 6.92 Å². The van der Waals surface area contributed by atoms with E-state index in [1.165, 1.54) is 12.1 Å². The molecule has 22 heavy (non-hydrogen) atoms. The van der Waals surface area contributed by atoms with Crippen molar-refractivity contribution in [1.82, 2.24) is 10.3 Å². The van der Waals surface area contributed by atoms with Crippen LogP contribution in [0.25, 0.3) is 0 Å². The molecule has 1 aliphatic rings. The normalized spacial score (nSPS) is 16.7. The summed E-state index contributed by atoms with van der Waals surface area (Å²) < 4.78 is 18.8. The van der Waals surface area contributed by atoms with Crippen molar-refractivity contribution in [3.63, 3.8) is 0 Å². The lowest BCUT2D eigenvalue weighted by Gasteiger charge is -2.26. The fourth-order valence-electron chi connectivity index (χ4n) is 2.55. The first kappa shape index (κ1) is 15.0. The summed E-state index contributed by atoms with van der Waals surface area (Å²) in [6.07, 6.45) is 1.72. The molecule has 1 unspecified atom stereocenters. The number of aromatic nitrogens is 1. The van der Waals surface area contributed by atoms with Crippen LogP contribution in [0.15, 0.2) is 23.7 Å². The van der Waals surface area contributed by atoms with E-state index >= 15 is 0 Å². The van der Waals surface area contributed by atoms with Gasteiger partial charge in [0.1, 0.15) is 18.2 Å². The molecule has 1 aromatic carbocycles. The van der Waals surface area contributed by atoms with Gasteiger partial charge in [0.2, 0.25) is 5.91 Å². The Balaban J connectivity index is 1.53. The average molecular weight is 320 g/mol. The fraction of sp³-hybridized carbons (Fsp3) is 0.375. The van der Waals surface area contributed by atoms with Crippen LogP contribution in [0.5, 0.6) is 5.75 Å². The standard InChI is InChI=1S/C16H17FN2O2S/c1-10-15(22-9-18-10)4-5-16(20)19-13-7-11-6-12(17)2-3-14(11)21-8-13/h2-3,6,9,13H,4-5,7-8H2,1H3,(H,19,20). The highest BCUT2D eigenvalue weighted by Crippen LogP contribution is 2.25. The first-order valence-corrected chi connectivity index (χ1v) is 8.09. The molecule has 2 heterocycles. The van der Waals surface area contributed by atoms with Gasteiger partial charge in [0.25, 0.3) is 0 Å². The molecule has 0 spiro atoms. The predicted octanol–water partition coefficient (Wildman–Crippen LogP) is 2.64. The van der Waals surface area contributed by atoms with Gasteiger partial charge in [0, 0.05) is 11.3 Å². The van der Waals surface area contributed by atoms with Gasteiger partial charge in [-0.3, -0.25) is 4.79 Å². The van der Waals surface area contributed by atoms with Gasteiger partial charge < -0.3 is 10.1 Å². The quantitative estimate of drug-likeness (QED) is 0.942. The highest BCUT2D eigenvalue weighted by molar-refractivity contribution is 7.09. The summed E-state index contributed by atoms with van der Waals surface area (Å²) in [5, 5.41) is 2.96. The number of aryl methyl sites for hydroxylation is 2. The van der Waals surface area contributed by atoms with Crippen molar-refractivity contribution in [2.24, 2.45) is 0 Å². The van der Waals surface area contributed by atoms with Gasteiger partial charge in [-0.15, -0.1) is 11.3 Å². The molecular formula is C16H17FN2O2S. The molecule has 0 bridgehead atoms. The Morgan fingerprint density at radius 3 is 3.18 bits per heavy atom. The molecule has 2 aromatic rings. The maximum absolute atomic E-state index is 13.3. The van der Waals surface area contributed by atoms with Gasteiger partial charge in [0.15, 0.2) is 0 Å². The second-order valence-corrected chi connectivity index (χ2v) is 6.33. The first-order valence-electron chi connectivity index (χ1n) is 7.21. The Labute approximate surface area is 132 Å². The lowest BCUT2D eigenvalue weighted by atomic mass is 10.0. The number of thiazole rings is 1. The third kappa shape index (κ3) is 3.44. The van der Waals surface area contributed by atoms with Crippen LogP contribution >= 0.6 is 11.3 Å². The molecule has 1 amide bonds. The number of carbonyl (C=O) groups excluding carboxylic acids is 1. The summed E-state index contributed by atoms with van der Waals surface area (Å²) >= 11 is 1.57. The molecule has 0 saturated carbocycles. The van der Waals surface area contributed by atoms with Crippen LogP contribution in [0.3, 0.4) is 0 Å². The number of ether oxygens (including phenoxy) is 1. The molecule has 1 aromatic heterocycles. The van der Waals surface area contributed by atoms with Crippen LogP contribution in [0.2, 0.25) is 0 Å². The summed E-state index contributed by atoms with van der Waals surface area (Å²) in [5.41, 5.74) is 3.58. The largest absolute Gasteiger partial charge is 0.491 e. The Kier molecular flexibility index (Phi) is 4.38. The Morgan fingerprint density at radius 2 is 2.41 bits per heavy atom. The first-order chi connectivity index (χ1) is 10.6. The van der Waals surface area contributed by atoms with E-state index in [-0.39, 0.29) is 17.8 Å². The summed E-state index contributed by atoms with van der Waals surface area (Å²) in [6.45, 7) is 2.37. The highest BCUT2D eigenvalue weighted by atomic mass is 32.1.